The zero-order valence-electron chi connectivity index (χ0n) is 12.1. The van der Waals surface area contributed by atoms with Crippen molar-refractivity contribution in [3.05, 3.63) is 58.1 Å². The largest absolute Gasteiger partial charge is 0.462 e. The number of aryl methyl sites for hydroxylation is 1. The molecule has 0 bridgehead atoms. The molecule has 110 valence electrons. The number of rotatable bonds is 5. The molecule has 0 amide bonds. The zero-order valence-corrected chi connectivity index (χ0v) is 14.5. The van der Waals surface area contributed by atoms with E-state index < -0.39 is 0 Å². The fourth-order valence-electron chi connectivity index (χ4n) is 1.96. The second-order valence-electron chi connectivity index (χ2n) is 4.45. The molecule has 0 radical (unpaired) electrons. The average Bonchev–Trinajstić information content (AvgIpc) is 2.50. The molecule has 0 aliphatic carbocycles. The quantitative estimate of drug-likeness (QED) is 0.669. The highest BCUT2D eigenvalue weighted by Crippen LogP contribution is 2.30. The van der Waals surface area contributed by atoms with Gasteiger partial charge in [0.15, 0.2) is 0 Å². The molecule has 2 rings (SSSR count). The highest BCUT2D eigenvalue weighted by molar-refractivity contribution is 9.10. The van der Waals surface area contributed by atoms with E-state index in [0.29, 0.717) is 12.2 Å². The smallest absolute Gasteiger partial charge is 0.338 e. The summed E-state index contributed by atoms with van der Waals surface area (Å²) in [7, 11) is 0. The van der Waals surface area contributed by atoms with E-state index in [4.69, 9.17) is 4.74 Å². The SMILES string of the molecule is CCOC(=O)c1cc(Sc2ccc(Br)cc2)ccc1CC. The molecular formula is C17H17BrO2S. The lowest BCUT2D eigenvalue weighted by Gasteiger charge is -2.10. The number of ether oxygens (including phenoxy) is 1. The molecule has 0 N–H and O–H groups in total. The maximum absolute atomic E-state index is 12.0. The van der Waals surface area contributed by atoms with Crippen molar-refractivity contribution in [3.8, 4) is 0 Å². The minimum atomic E-state index is -0.243. The van der Waals surface area contributed by atoms with E-state index in [-0.39, 0.29) is 5.97 Å². The standard InChI is InChI=1S/C17H17BrO2S/c1-3-12-5-8-15(11-16(12)17(19)20-4-2)21-14-9-6-13(18)7-10-14/h5-11H,3-4H2,1-2H3. The van der Waals surface area contributed by atoms with Crippen molar-refractivity contribution >= 4 is 33.7 Å². The van der Waals surface area contributed by atoms with Crippen LogP contribution in [-0.2, 0) is 11.2 Å². The zero-order chi connectivity index (χ0) is 15.2. The first-order chi connectivity index (χ1) is 10.1. The molecule has 2 aromatic carbocycles. The van der Waals surface area contributed by atoms with Crippen LogP contribution < -0.4 is 0 Å². The Morgan fingerprint density at radius 1 is 1.10 bits per heavy atom. The molecule has 2 nitrogen and oxygen atoms in total. The Balaban J connectivity index is 2.26. The third-order valence-electron chi connectivity index (χ3n) is 3.01. The van der Waals surface area contributed by atoms with Gasteiger partial charge in [0.2, 0.25) is 0 Å². The van der Waals surface area contributed by atoms with Gasteiger partial charge in [-0.15, -0.1) is 0 Å². The number of carbonyl (C=O) groups is 1. The van der Waals surface area contributed by atoms with Gasteiger partial charge in [0.05, 0.1) is 12.2 Å². The van der Waals surface area contributed by atoms with Crippen molar-refractivity contribution in [3.63, 3.8) is 0 Å². The highest BCUT2D eigenvalue weighted by atomic mass is 79.9. The maximum Gasteiger partial charge on any atom is 0.338 e. The summed E-state index contributed by atoms with van der Waals surface area (Å²) in [6.07, 6.45) is 0.817. The van der Waals surface area contributed by atoms with Gasteiger partial charge >= 0.3 is 5.97 Å². The molecule has 0 aromatic heterocycles. The Hall–Kier alpha value is -1.26. The van der Waals surface area contributed by atoms with E-state index in [0.717, 1.165) is 26.2 Å². The number of esters is 1. The molecule has 0 spiro atoms. The summed E-state index contributed by atoms with van der Waals surface area (Å²) < 4.78 is 6.19. The number of halogens is 1. The third kappa shape index (κ3) is 4.35. The fraction of sp³-hybridized carbons (Fsp3) is 0.235. The fourth-order valence-corrected chi connectivity index (χ4v) is 3.09. The molecule has 0 aliphatic rings. The first-order valence-electron chi connectivity index (χ1n) is 6.87. The minimum absolute atomic E-state index is 0.243. The lowest BCUT2D eigenvalue weighted by molar-refractivity contribution is 0.0525. The first-order valence-corrected chi connectivity index (χ1v) is 8.48. The maximum atomic E-state index is 12.0. The summed E-state index contributed by atoms with van der Waals surface area (Å²) in [6.45, 7) is 4.26. The monoisotopic (exact) mass is 364 g/mol. The van der Waals surface area contributed by atoms with Crippen LogP contribution in [0, 0.1) is 0 Å². The van der Waals surface area contributed by atoms with E-state index >= 15 is 0 Å². The predicted octanol–water partition coefficient (Wildman–Crippen LogP) is 5.34. The summed E-state index contributed by atoms with van der Waals surface area (Å²) in [5, 5.41) is 0. The van der Waals surface area contributed by atoms with E-state index in [1.165, 1.54) is 0 Å². The molecule has 0 fully saturated rings. The van der Waals surface area contributed by atoms with Gasteiger partial charge in [-0.3, -0.25) is 0 Å². The summed E-state index contributed by atoms with van der Waals surface area (Å²) in [4.78, 5) is 14.2. The predicted molar refractivity (Wildman–Crippen MR) is 90.0 cm³/mol. The summed E-state index contributed by atoms with van der Waals surface area (Å²) in [6, 6.07) is 14.1. The van der Waals surface area contributed by atoms with E-state index in [1.807, 2.05) is 56.3 Å². The van der Waals surface area contributed by atoms with Crippen molar-refractivity contribution in [1.82, 2.24) is 0 Å². The van der Waals surface area contributed by atoms with Gasteiger partial charge in [-0.1, -0.05) is 40.7 Å². The summed E-state index contributed by atoms with van der Waals surface area (Å²) in [5.41, 5.74) is 1.69. The average molecular weight is 365 g/mol. The van der Waals surface area contributed by atoms with Crippen molar-refractivity contribution in [2.45, 2.75) is 30.1 Å². The van der Waals surface area contributed by atoms with Crippen LogP contribution in [0.3, 0.4) is 0 Å². The van der Waals surface area contributed by atoms with E-state index in [9.17, 15) is 4.79 Å². The van der Waals surface area contributed by atoms with Gasteiger partial charge in [0.25, 0.3) is 0 Å². The van der Waals surface area contributed by atoms with E-state index in [1.54, 1.807) is 11.8 Å². The van der Waals surface area contributed by atoms with Crippen molar-refractivity contribution in [2.75, 3.05) is 6.61 Å². The van der Waals surface area contributed by atoms with Gasteiger partial charge in [-0.25, -0.2) is 4.79 Å². The Bertz CT molecular complexity index is 623. The minimum Gasteiger partial charge on any atom is -0.462 e. The molecular weight excluding hydrogens is 348 g/mol. The molecule has 0 unspecified atom stereocenters. The van der Waals surface area contributed by atoms with Crippen LogP contribution in [0.2, 0.25) is 0 Å². The Morgan fingerprint density at radius 3 is 2.38 bits per heavy atom. The van der Waals surface area contributed by atoms with Crippen LogP contribution in [0.5, 0.6) is 0 Å². The normalized spacial score (nSPS) is 10.4. The Kier molecular flexibility index (Phi) is 5.88. The van der Waals surface area contributed by atoms with Crippen molar-refractivity contribution in [2.24, 2.45) is 0 Å². The second kappa shape index (κ2) is 7.66. The molecule has 2 aromatic rings. The van der Waals surface area contributed by atoms with Crippen LogP contribution in [0.1, 0.15) is 29.8 Å². The van der Waals surface area contributed by atoms with Crippen LogP contribution in [0.15, 0.2) is 56.7 Å². The number of hydrogen-bond donors (Lipinski definition) is 0. The summed E-state index contributed by atoms with van der Waals surface area (Å²) in [5.74, 6) is -0.243. The number of benzene rings is 2. The molecule has 0 atom stereocenters. The Labute approximate surface area is 138 Å². The molecule has 4 heteroatoms. The molecule has 0 saturated heterocycles. The lowest BCUT2D eigenvalue weighted by atomic mass is 10.1. The van der Waals surface area contributed by atoms with Gasteiger partial charge in [0.1, 0.15) is 0 Å². The number of hydrogen-bond acceptors (Lipinski definition) is 3. The van der Waals surface area contributed by atoms with Crippen LogP contribution in [-0.4, -0.2) is 12.6 Å². The highest BCUT2D eigenvalue weighted by Gasteiger charge is 2.12. The lowest BCUT2D eigenvalue weighted by Crippen LogP contribution is -2.08. The molecule has 0 heterocycles. The van der Waals surface area contributed by atoms with Gasteiger partial charge in [-0.2, -0.15) is 0 Å². The van der Waals surface area contributed by atoms with Crippen LogP contribution in [0.4, 0.5) is 0 Å². The van der Waals surface area contributed by atoms with Crippen molar-refractivity contribution in [1.29, 1.82) is 0 Å². The first kappa shape index (κ1) is 16.1. The van der Waals surface area contributed by atoms with Gasteiger partial charge in [-0.05, 0) is 55.3 Å². The topological polar surface area (TPSA) is 26.3 Å². The van der Waals surface area contributed by atoms with Gasteiger partial charge < -0.3 is 4.74 Å². The molecule has 0 saturated carbocycles. The number of carbonyl (C=O) groups excluding carboxylic acids is 1. The second-order valence-corrected chi connectivity index (χ2v) is 6.51. The van der Waals surface area contributed by atoms with E-state index in [2.05, 4.69) is 15.9 Å². The Morgan fingerprint density at radius 2 is 1.76 bits per heavy atom. The van der Waals surface area contributed by atoms with Gasteiger partial charge in [0, 0.05) is 14.3 Å². The molecule has 21 heavy (non-hydrogen) atoms. The summed E-state index contributed by atoms with van der Waals surface area (Å²) >= 11 is 5.06. The van der Waals surface area contributed by atoms with Crippen LogP contribution in [0.25, 0.3) is 0 Å². The molecule has 0 aliphatic heterocycles. The van der Waals surface area contributed by atoms with Crippen LogP contribution >= 0.6 is 27.7 Å². The third-order valence-corrected chi connectivity index (χ3v) is 4.53. The van der Waals surface area contributed by atoms with Crippen molar-refractivity contribution < 1.29 is 9.53 Å².